The molecule has 2 N–H and O–H groups in total. The Bertz CT molecular complexity index is 30.5. The van der Waals surface area contributed by atoms with Crippen molar-refractivity contribution in [2.24, 2.45) is 0 Å². The summed E-state index contributed by atoms with van der Waals surface area (Å²) in [5.41, 5.74) is 6.22. The van der Waals surface area contributed by atoms with Gasteiger partial charge in [0, 0.05) is 13.1 Å². The predicted molar refractivity (Wildman–Crippen MR) is 34.2 cm³/mol. The quantitative estimate of drug-likeness (QED) is 0.477. The number of hydrogen-bond donors (Lipinski definition) is 2. The summed E-state index contributed by atoms with van der Waals surface area (Å²) in [6, 6.07) is 0. The van der Waals surface area contributed by atoms with E-state index in [2.05, 4.69) is 17.3 Å². The van der Waals surface area contributed by atoms with Gasteiger partial charge in [-0.15, -0.1) is 0 Å². The highest BCUT2D eigenvalue weighted by atomic mass is 15.3. The molecule has 2 nitrogen and oxygen atoms in total. The van der Waals surface area contributed by atoms with Crippen LogP contribution in [0.2, 0.25) is 0 Å². The average Bonchev–Trinajstić information content (AvgIpc) is 1.62. The van der Waals surface area contributed by atoms with Gasteiger partial charge in [0.15, 0.2) is 0 Å². The standard InChI is InChI=1S/C6H13N2/c1-2-4-6-8-7-5-3-1/h1,7-8H,2-6H2. The van der Waals surface area contributed by atoms with Gasteiger partial charge in [-0.1, -0.05) is 0 Å². The van der Waals surface area contributed by atoms with Gasteiger partial charge in [0.1, 0.15) is 0 Å². The first-order valence-corrected chi connectivity index (χ1v) is 3.27. The zero-order chi connectivity index (χ0) is 5.66. The molecular weight excluding hydrogens is 100 g/mol. The molecule has 0 aromatic heterocycles. The van der Waals surface area contributed by atoms with Crippen LogP contribution in [-0.4, -0.2) is 13.1 Å². The lowest BCUT2D eigenvalue weighted by Crippen LogP contribution is -2.34. The number of hydrazine groups is 1. The van der Waals surface area contributed by atoms with Crippen molar-refractivity contribution in [3.8, 4) is 0 Å². The van der Waals surface area contributed by atoms with Gasteiger partial charge in [-0.25, -0.2) is 0 Å². The van der Waals surface area contributed by atoms with Crippen molar-refractivity contribution < 1.29 is 0 Å². The Morgan fingerprint density at radius 3 is 2.88 bits per heavy atom. The molecule has 1 saturated heterocycles. The molecule has 0 atom stereocenters. The maximum atomic E-state index is 3.12. The molecule has 0 amide bonds. The van der Waals surface area contributed by atoms with Gasteiger partial charge in [-0.05, 0) is 25.7 Å². The van der Waals surface area contributed by atoms with Gasteiger partial charge in [-0.3, -0.25) is 10.9 Å². The molecule has 0 aromatic carbocycles. The van der Waals surface area contributed by atoms with Crippen molar-refractivity contribution in [1.29, 1.82) is 0 Å². The molecule has 0 unspecified atom stereocenters. The van der Waals surface area contributed by atoms with Crippen molar-refractivity contribution in [2.75, 3.05) is 13.1 Å². The first-order valence-electron chi connectivity index (χ1n) is 3.27. The van der Waals surface area contributed by atoms with Crippen molar-refractivity contribution >= 4 is 0 Å². The molecule has 0 aliphatic carbocycles. The monoisotopic (exact) mass is 113 g/mol. The summed E-state index contributed by atoms with van der Waals surface area (Å²) in [4.78, 5) is 0. The summed E-state index contributed by atoms with van der Waals surface area (Å²) in [5, 5.41) is 0. The van der Waals surface area contributed by atoms with E-state index in [1.807, 2.05) is 0 Å². The minimum Gasteiger partial charge on any atom is -0.258 e. The van der Waals surface area contributed by atoms with Crippen LogP contribution >= 0.6 is 0 Å². The summed E-state index contributed by atoms with van der Waals surface area (Å²) >= 11 is 0. The predicted octanol–water partition coefficient (Wildman–Crippen LogP) is 0.469. The fraction of sp³-hybridized carbons (Fsp3) is 0.833. The molecule has 0 saturated carbocycles. The van der Waals surface area contributed by atoms with E-state index < -0.39 is 0 Å². The van der Waals surface area contributed by atoms with E-state index in [4.69, 9.17) is 0 Å². The van der Waals surface area contributed by atoms with Crippen LogP contribution in [0.5, 0.6) is 0 Å². The van der Waals surface area contributed by atoms with Gasteiger partial charge in [0.05, 0.1) is 0 Å². The molecule has 1 rings (SSSR count). The number of hydrogen-bond acceptors (Lipinski definition) is 2. The Balaban J connectivity index is 2.00. The number of nitrogens with one attached hydrogen (secondary N) is 2. The van der Waals surface area contributed by atoms with E-state index in [0.717, 1.165) is 13.1 Å². The maximum absolute atomic E-state index is 3.12. The minimum absolute atomic E-state index is 1.08. The summed E-state index contributed by atoms with van der Waals surface area (Å²) in [5.74, 6) is 0. The summed E-state index contributed by atoms with van der Waals surface area (Å²) in [6.07, 6.45) is 6.09. The van der Waals surface area contributed by atoms with Gasteiger partial charge >= 0.3 is 0 Å². The normalized spacial score (nSPS) is 24.0. The van der Waals surface area contributed by atoms with E-state index in [1.165, 1.54) is 19.3 Å². The Labute approximate surface area is 50.6 Å². The number of rotatable bonds is 0. The van der Waals surface area contributed by atoms with Gasteiger partial charge in [-0.2, -0.15) is 0 Å². The molecule has 1 aliphatic heterocycles. The summed E-state index contributed by atoms with van der Waals surface area (Å²) < 4.78 is 0. The Morgan fingerprint density at radius 1 is 1.00 bits per heavy atom. The fourth-order valence-electron chi connectivity index (χ4n) is 0.830. The van der Waals surface area contributed by atoms with Crippen LogP contribution < -0.4 is 10.9 Å². The van der Waals surface area contributed by atoms with Gasteiger partial charge in [0.2, 0.25) is 0 Å². The topological polar surface area (TPSA) is 24.1 Å². The van der Waals surface area contributed by atoms with Crippen LogP contribution in [-0.2, 0) is 0 Å². The lowest BCUT2D eigenvalue weighted by Gasteiger charge is -2.09. The van der Waals surface area contributed by atoms with Crippen molar-refractivity contribution in [1.82, 2.24) is 10.9 Å². The smallest absolute Gasteiger partial charge is 0.0102 e. The van der Waals surface area contributed by atoms with Crippen LogP contribution in [0, 0.1) is 6.42 Å². The maximum Gasteiger partial charge on any atom is 0.0102 e. The first-order chi connectivity index (χ1) is 4.00. The second-order valence-electron chi connectivity index (χ2n) is 2.07. The Hall–Kier alpha value is -0.0800. The zero-order valence-electron chi connectivity index (χ0n) is 5.11. The van der Waals surface area contributed by atoms with Crippen molar-refractivity contribution in [3.63, 3.8) is 0 Å². The molecule has 1 radical (unpaired) electrons. The highest BCUT2D eigenvalue weighted by Crippen LogP contribution is 1.97. The summed E-state index contributed by atoms with van der Waals surface area (Å²) in [7, 11) is 0. The molecule has 1 aliphatic rings. The lowest BCUT2D eigenvalue weighted by atomic mass is 10.2. The van der Waals surface area contributed by atoms with Gasteiger partial charge < -0.3 is 0 Å². The minimum atomic E-state index is 1.08. The van der Waals surface area contributed by atoms with Crippen LogP contribution in [0.1, 0.15) is 19.3 Å². The molecule has 0 bridgehead atoms. The molecule has 2 heteroatoms. The van der Waals surface area contributed by atoms with E-state index >= 15 is 0 Å². The Kier molecular flexibility index (Phi) is 2.92. The van der Waals surface area contributed by atoms with Crippen molar-refractivity contribution in [3.05, 3.63) is 6.42 Å². The van der Waals surface area contributed by atoms with E-state index in [1.54, 1.807) is 0 Å². The summed E-state index contributed by atoms with van der Waals surface area (Å²) in [6.45, 7) is 2.19. The van der Waals surface area contributed by atoms with E-state index in [-0.39, 0.29) is 0 Å². The molecule has 1 heterocycles. The SMILES string of the molecule is [CH]1CCCNNCC1. The average molecular weight is 113 g/mol. The van der Waals surface area contributed by atoms with Gasteiger partial charge in [0.25, 0.3) is 0 Å². The molecule has 0 spiro atoms. The third kappa shape index (κ3) is 2.28. The van der Waals surface area contributed by atoms with Crippen LogP contribution in [0.25, 0.3) is 0 Å². The molecule has 47 valence electrons. The molecular formula is C6H13N2. The zero-order valence-corrected chi connectivity index (χ0v) is 5.11. The Morgan fingerprint density at radius 2 is 1.88 bits per heavy atom. The highest BCUT2D eigenvalue weighted by molar-refractivity contribution is 4.67. The second-order valence-corrected chi connectivity index (χ2v) is 2.07. The second kappa shape index (κ2) is 3.87. The van der Waals surface area contributed by atoms with Crippen molar-refractivity contribution in [2.45, 2.75) is 19.3 Å². The fourth-order valence-corrected chi connectivity index (χ4v) is 0.830. The molecule has 8 heavy (non-hydrogen) atoms. The van der Waals surface area contributed by atoms with E-state index in [0.29, 0.717) is 0 Å². The highest BCUT2D eigenvalue weighted by Gasteiger charge is 1.93. The third-order valence-electron chi connectivity index (χ3n) is 1.31. The van der Waals surface area contributed by atoms with E-state index in [9.17, 15) is 0 Å². The van der Waals surface area contributed by atoms with Crippen LogP contribution in [0.4, 0.5) is 0 Å². The molecule has 1 fully saturated rings. The largest absolute Gasteiger partial charge is 0.258 e. The third-order valence-corrected chi connectivity index (χ3v) is 1.31. The first kappa shape index (κ1) is 6.05. The van der Waals surface area contributed by atoms with Crippen LogP contribution in [0.3, 0.4) is 0 Å². The van der Waals surface area contributed by atoms with Crippen LogP contribution in [0.15, 0.2) is 0 Å². The lowest BCUT2D eigenvalue weighted by molar-refractivity contribution is 0.493. The molecule has 0 aromatic rings.